The van der Waals surface area contributed by atoms with Gasteiger partial charge in [-0.2, -0.15) is 5.10 Å². The normalized spacial score (nSPS) is 12.5. The van der Waals surface area contributed by atoms with Crippen LogP contribution in [0.25, 0.3) is 0 Å². The Morgan fingerprint density at radius 3 is 2.55 bits per heavy atom. The summed E-state index contributed by atoms with van der Waals surface area (Å²) in [6.07, 6.45) is 3.95. The molecule has 0 fully saturated rings. The maximum absolute atomic E-state index is 10.1. The third kappa shape index (κ3) is 4.31. The van der Waals surface area contributed by atoms with Gasteiger partial charge in [-0.25, -0.2) is 0 Å². The number of hydrazone groups is 1. The maximum Gasteiger partial charge on any atom is 0.143 e. The highest BCUT2D eigenvalue weighted by Crippen LogP contribution is 2.04. The van der Waals surface area contributed by atoms with Gasteiger partial charge in [-0.15, -0.1) is 0 Å². The van der Waals surface area contributed by atoms with Crippen LogP contribution in [0, 0.1) is 5.92 Å². The number of rotatable bonds is 4. The Hall–Kier alpha value is -1.12. The van der Waals surface area contributed by atoms with Crippen molar-refractivity contribution in [2.75, 3.05) is 7.05 Å². The lowest BCUT2D eigenvalue weighted by molar-refractivity contribution is -0.104. The van der Waals surface area contributed by atoms with Crippen LogP contribution in [-0.4, -0.2) is 19.5 Å². The van der Waals surface area contributed by atoms with Gasteiger partial charge in [0.1, 0.15) is 6.29 Å². The lowest BCUT2D eigenvalue weighted by Crippen LogP contribution is -2.00. The van der Waals surface area contributed by atoms with E-state index in [0.717, 1.165) is 11.9 Å². The molecule has 0 amide bonds. The zero-order chi connectivity index (χ0) is 8.69. The standard InChI is InChI=1S/C8H14N2O/c1-7(2)8(4-5-11)6-10-9-3/h4-7,9H,1-3H3/b8-4+,10-6-. The molecule has 0 aromatic carbocycles. The lowest BCUT2D eigenvalue weighted by atomic mass is 10.1. The molecule has 0 radical (unpaired) electrons. The van der Waals surface area contributed by atoms with Crippen molar-refractivity contribution in [3.05, 3.63) is 11.6 Å². The van der Waals surface area contributed by atoms with Crippen molar-refractivity contribution in [1.29, 1.82) is 0 Å². The van der Waals surface area contributed by atoms with E-state index in [1.807, 2.05) is 13.8 Å². The fourth-order valence-electron chi connectivity index (χ4n) is 0.602. The van der Waals surface area contributed by atoms with Crippen molar-refractivity contribution in [3.8, 4) is 0 Å². The van der Waals surface area contributed by atoms with Crippen molar-refractivity contribution in [1.82, 2.24) is 5.43 Å². The Labute approximate surface area is 67.2 Å². The molecule has 0 rings (SSSR count). The van der Waals surface area contributed by atoms with Crippen molar-refractivity contribution >= 4 is 12.5 Å². The van der Waals surface area contributed by atoms with Crippen molar-refractivity contribution in [2.45, 2.75) is 13.8 Å². The molecule has 0 saturated heterocycles. The summed E-state index contributed by atoms with van der Waals surface area (Å²) in [5.74, 6) is 0.331. The van der Waals surface area contributed by atoms with E-state index in [2.05, 4.69) is 10.5 Å². The van der Waals surface area contributed by atoms with E-state index in [9.17, 15) is 4.79 Å². The first kappa shape index (κ1) is 9.88. The Balaban J connectivity index is 4.22. The van der Waals surface area contributed by atoms with E-state index in [4.69, 9.17) is 0 Å². The number of carbonyl (C=O) groups is 1. The second-order valence-corrected chi connectivity index (χ2v) is 2.44. The topological polar surface area (TPSA) is 41.5 Å². The third-order valence-corrected chi connectivity index (χ3v) is 1.27. The van der Waals surface area contributed by atoms with Gasteiger partial charge >= 0.3 is 0 Å². The van der Waals surface area contributed by atoms with E-state index >= 15 is 0 Å². The zero-order valence-electron chi connectivity index (χ0n) is 7.16. The number of nitrogens with one attached hydrogen (secondary N) is 1. The average Bonchev–Trinajstić information content (AvgIpc) is 1.97. The summed E-state index contributed by atoms with van der Waals surface area (Å²) in [6, 6.07) is 0. The summed E-state index contributed by atoms with van der Waals surface area (Å²) >= 11 is 0. The SMILES string of the molecule is CN/N=C\C(=C/C=O)C(C)C. The fourth-order valence-corrected chi connectivity index (χ4v) is 0.602. The monoisotopic (exact) mass is 154 g/mol. The quantitative estimate of drug-likeness (QED) is 0.284. The number of hydrogen-bond donors (Lipinski definition) is 1. The van der Waals surface area contributed by atoms with Crippen LogP contribution in [0.5, 0.6) is 0 Å². The van der Waals surface area contributed by atoms with Crippen LogP contribution < -0.4 is 5.43 Å². The molecule has 11 heavy (non-hydrogen) atoms. The first-order valence-corrected chi connectivity index (χ1v) is 3.57. The maximum atomic E-state index is 10.1. The van der Waals surface area contributed by atoms with Crippen LogP contribution in [0.4, 0.5) is 0 Å². The van der Waals surface area contributed by atoms with Crippen LogP contribution in [0.2, 0.25) is 0 Å². The highest BCUT2D eigenvalue weighted by molar-refractivity contribution is 5.85. The van der Waals surface area contributed by atoms with Gasteiger partial charge in [0.15, 0.2) is 0 Å². The number of hydrogen-bond acceptors (Lipinski definition) is 3. The van der Waals surface area contributed by atoms with E-state index in [0.29, 0.717) is 5.92 Å². The minimum absolute atomic E-state index is 0.331. The number of nitrogens with zero attached hydrogens (tertiary/aromatic N) is 1. The second kappa shape index (κ2) is 5.65. The highest BCUT2D eigenvalue weighted by Gasteiger charge is 1.97. The second-order valence-electron chi connectivity index (χ2n) is 2.44. The van der Waals surface area contributed by atoms with Crippen molar-refractivity contribution in [2.24, 2.45) is 11.0 Å². The third-order valence-electron chi connectivity index (χ3n) is 1.27. The van der Waals surface area contributed by atoms with Crippen molar-refractivity contribution < 1.29 is 4.79 Å². The van der Waals surface area contributed by atoms with Gasteiger partial charge in [0.05, 0.1) is 6.21 Å². The van der Waals surface area contributed by atoms with Crippen LogP contribution >= 0.6 is 0 Å². The molecule has 0 aliphatic rings. The largest absolute Gasteiger partial charge is 0.313 e. The molecule has 0 atom stereocenters. The Bertz CT molecular complexity index is 171. The van der Waals surface area contributed by atoms with E-state index in [1.165, 1.54) is 6.08 Å². The summed E-state index contributed by atoms with van der Waals surface area (Å²) in [4.78, 5) is 10.1. The molecule has 0 aliphatic heterocycles. The molecule has 3 heteroatoms. The molecule has 62 valence electrons. The summed E-state index contributed by atoms with van der Waals surface area (Å²) in [5, 5.41) is 3.81. The average molecular weight is 154 g/mol. The van der Waals surface area contributed by atoms with Crippen LogP contribution in [0.1, 0.15) is 13.8 Å². The number of carbonyl (C=O) groups excluding carboxylic acids is 1. The minimum Gasteiger partial charge on any atom is -0.313 e. The van der Waals surface area contributed by atoms with Crippen LogP contribution in [0.3, 0.4) is 0 Å². The van der Waals surface area contributed by atoms with Crippen molar-refractivity contribution in [3.63, 3.8) is 0 Å². The van der Waals surface area contributed by atoms with E-state index in [1.54, 1.807) is 13.3 Å². The number of allylic oxidation sites excluding steroid dienone is 2. The molecular weight excluding hydrogens is 140 g/mol. The van der Waals surface area contributed by atoms with E-state index < -0.39 is 0 Å². The predicted octanol–water partition coefficient (Wildman–Crippen LogP) is 0.973. The Kier molecular flexibility index (Phi) is 5.07. The first-order chi connectivity index (χ1) is 5.22. The van der Waals surface area contributed by atoms with Gasteiger partial charge in [0.2, 0.25) is 0 Å². The summed E-state index contributed by atoms with van der Waals surface area (Å²) in [6.45, 7) is 4.02. The molecule has 0 saturated carbocycles. The van der Waals surface area contributed by atoms with E-state index in [-0.39, 0.29) is 0 Å². The minimum atomic E-state index is 0.331. The van der Waals surface area contributed by atoms with Gasteiger partial charge < -0.3 is 5.43 Å². The summed E-state index contributed by atoms with van der Waals surface area (Å²) < 4.78 is 0. The predicted molar refractivity (Wildman–Crippen MR) is 46.5 cm³/mol. The summed E-state index contributed by atoms with van der Waals surface area (Å²) in [5.41, 5.74) is 3.55. The molecular formula is C8H14N2O. The molecule has 3 nitrogen and oxygen atoms in total. The molecule has 0 aliphatic carbocycles. The Morgan fingerprint density at radius 1 is 1.55 bits per heavy atom. The molecule has 1 N–H and O–H groups in total. The molecule has 0 aromatic rings. The molecule has 0 bridgehead atoms. The Morgan fingerprint density at radius 2 is 2.18 bits per heavy atom. The highest BCUT2D eigenvalue weighted by atomic mass is 16.1. The van der Waals surface area contributed by atoms with Gasteiger partial charge in [0.25, 0.3) is 0 Å². The van der Waals surface area contributed by atoms with Gasteiger partial charge in [-0.1, -0.05) is 13.8 Å². The van der Waals surface area contributed by atoms with Crippen LogP contribution in [-0.2, 0) is 4.79 Å². The molecule has 0 heterocycles. The molecule has 0 aromatic heterocycles. The smallest absolute Gasteiger partial charge is 0.143 e. The van der Waals surface area contributed by atoms with Gasteiger partial charge in [-0.3, -0.25) is 4.79 Å². The first-order valence-electron chi connectivity index (χ1n) is 3.57. The number of aldehydes is 1. The van der Waals surface area contributed by atoms with Gasteiger partial charge in [0, 0.05) is 7.05 Å². The summed E-state index contributed by atoms with van der Waals surface area (Å²) in [7, 11) is 1.72. The van der Waals surface area contributed by atoms with Gasteiger partial charge in [-0.05, 0) is 17.6 Å². The fraction of sp³-hybridized carbons (Fsp3) is 0.500. The lowest BCUT2D eigenvalue weighted by Gasteiger charge is -2.02. The molecule has 0 spiro atoms. The molecule has 0 unspecified atom stereocenters. The zero-order valence-corrected chi connectivity index (χ0v) is 7.16. The van der Waals surface area contributed by atoms with Crippen LogP contribution in [0.15, 0.2) is 16.8 Å².